The summed E-state index contributed by atoms with van der Waals surface area (Å²) >= 11 is 1.62. The number of nitrogens with zero attached hydrogens (tertiary/aromatic N) is 4. The second kappa shape index (κ2) is 8.54. The number of aryl methyl sites for hydroxylation is 1. The van der Waals surface area contributed by atoms with Crippen LogP contribution in [-0.4, -0.2) is 67.2 Å². The summed E-state index contributed by atoms with van der Waals surface area (Å²) in [5.41, 5.74) is 1.90. The van der Waals surface area contributed by atoms with Crippen molar-refractivity contribution in [1.29, 1.82) is 0 Å². The molecule has 0 spiro atoms. The van der Waals surface area contributed by atoms with Gasteiger partial charge in [-0.3, -0.25) is 14.4 Å². The third-order valence-corrected chi connectivity index (χ3v) is 7.65. The zero-order chi connectivity index (χ0) is 23.2. The van der Waals surface area contributed by atoms with Gasteiger partial charge in [0.15, 0.2) is 0 Å². The summed E-state index contributed by atoms with van der Waals surface area (Å²) in [5, 5.41) is 6.10. The number of hydrogen-bond acceptors (Lipinski definition) is 8. The molecule has 33 heavy (non-hydrogen) atoms. The van der Waals surface area contributed by atoms with Gasteiger partial charge in [0.25, 0.3) is 0 Å². The number of thiophene rings is 1. The topological polar surface area (TPSA) is 108 Å². The van der Waals surface area contributed by atoms with Crippen molar-refractivity contribution in [2.24, 2.45) is 0 Å². The van der Waals surface area contributed by atoms with Crippen molar-refractivity contribution in [3.63, 3.8) is 0 Å². The van der Waals surface area contributed by atoms with Crippen LogP contribution in [0.15, 0.2) is 36.0 Å². The molecule has 2 fully saturated rings. The average Bonchev–Trinajstić information content (AvgIpc) is 3.32. The standard InChI is InChI=1S/C22H26N6O3S2/c1-14-3-4-15(26-33(2,30)31)9-19(14)25-20(29)12-27-10-16-5-6-17(11-27)28(16)21-18-7-8-32-22(18)24-13-23-21/h3-4,7-9,13,16-17,26H,5-6,10-12H2,1-2H3,(H,25,29). The molecule has 11 heteroatoms. The molecule has 1 amide bonds. The molecule has 3 aromatic rings. The number of amides is 1. The predicted molar refractivity (Wildman–Crippen MR) is 131 cm³/mol. The number of aromatic nitrogens is 2. The lowest BCUT2D eigenvalue weighted by atomic mass is 10.1. The monoisotopic (exact) mass is 486 g/mol. The van der Waals surface area contributed by atoms with Gasteiger partial charge in [-0.1, -0.05) is 6.07 Å². The number of piperazine rings is 1. The first-order chi connectivity index (χ1) is 15.8. The van der Waals surface area contributed by atoms with Gasteiger partial charge in [-0.05, 0) is 48.9 Å². The molecule has 2 aromatic heterocycles. The summed E-state index contributed by atoms with van der Waals surface area (Å²) in [6.07, 6.45) is 4.90. The smallest absolute Gasteiger partial charge is 0.238 e. The van der Waals surface area contributed by atoms with Gasteiger partial charge in [-0.25, -0.2) is 18.4 Å². The fraction of sp³-hybridized carbons (Fsp3) is 0.409. The van der Waals surface area contributed by atoms with Crippen molar-refractivity contribution in [3.05, 3.63) is 41.5 Å². The van der Waals surface area contributed by atoms with Crippen molar-refractivity contribution in [3.8, 4) is 0 Å². The van der Waals surface area contributed by atoms with Crippen LogP contribution in [0.3, 0.4) is 0 Å². The molecule has 0 saturated carbocycles. The van der Waals surface area contributed by atoms with Gasteiger partial charge in [0.1, 0.15) is 17.0 Å². The Morgan fingerprint density at radius 2 is 1.94 bits per heavy atom. The first kappa shape index (κ1) is 22.1. The highest BCUT2D eigenvalue weighted by molar-refractivity contribution is 7.92. The van der Waals surface area contributed by atoms with Crippen LogP contribution in [0.5, 0.6) is 0 Å². The van der Waals surface area contributed by atoms with E-state index in [4.69, 9.17) is 0 Å². The lowest BCUT2D eigenvalue weighted by Gasteiger charge is -2.41. The third-order valence-electron chi connectivity index (χ3n) is 6.23. The fourth-order valence-corrected chi connectivity index (χ4v) is 6.16. The van der Waals surface area contributed by atoms with E-state index < -0.39 is 10.0 Å². The number of carbonyl (C=O) groups excluding carboxylic acids is 1. The van der Waals surface area contributed by atoms with Gasteiger partial charge in [-0.2, -0.15) is 0 Å². The molecule has 0 aliphatic carbocycles. The first-order valence-corrected chi connectivity index (χ1v) is 13.6. The summed E-state index contributed by atoms with van der Waals surface area (Å²) in [7, 11) is -3.39. The molecular weight excluding hydrogens is 460 g/mol. The Morgan fingerprint density at radius 3 is 2.67 bits per heavy atom. The second-order valence-corrected chi connectivity index (χ2v) is 11.4. The number of rotatable bonds is 6. The Labute approximate surface area is 196 Å². The maximum Gasteiger partial charge on any atom is 0.238 e. The maximum absolute atomic E-state index is 12.8. The quantitative estimate of drug-likeness (QED) is 0.552. The highest BCUT2D eigenvalue weighted by Crippen LogP contribution is 2.37. The van der Waals surface area contributed by atoms with E-state index in [0.29, 0.717) is 30.0 Å². The van der Waals surface area contributed by atoms with Crippen molar-refractivity contribution in [2.45, 2.75) is 31.8 Å². The average molecular weight is 487 g/mol. The Balaban J connectivity index is 1.26. The number of likely N-dealkylation sites (tertiary alicyclic amines) is 1. The minimum atomic E-state index is -3.39. The lowest BCUT2D eigenvalue weighted by Crippen LogP contribution is -2.55. The summed E-state index contributed by atoms with van der Waals surface area (Å²) < 4.78 is 25.5. The summed E-state index contributed by atoms with van der Waals surface area (Å²) in [6, 6.07) is 7.84. The maximum atomic E-state index is 12.8. The van der Waals surface area contributed by atoms with Crippen LogP contribution in [0, 0.1) is 6.92 Å². The number of benzene rings is 1. The molecule has 2 aliphatic rings. The summed E-state index contributed by atoms with van der Waals surface area (Å²) in [6.45, 7) is 3.77. The number of sulfonamides is 1. The van der Waals surface area contributed by atoms with Gasteiger partial charge in [0.2, 0.25) is 15.9 Å². The van der Waals surface area contributed by atoms with Gasteiger partial charge in [0, 0.05) is 30.9 Å². The largest absolute Gasteiger partial charge is 0.347 e. The molecule has 0 radical (unpaired) electrons. The highest BCUT2D eigenvalue weighted by atomic mass is 32.2. The van der Waals surface area contributed by atoms with Crippen molar-refractivity contribution >= 4 is 54.7 Å². The number of anilines is 3. The Kier molecular flexibility index (Phi) is 5.71. The number of hydrogen-bond donors (Lipinski definition) is 2. The zero-order valence-corrected chi connectivity index (χ0v) is 20.1. The number of fused-ring (bicyclic) bond motifs is 3. The molecule has 2 unspecified atom stereocenters. The Morgan fingerprint density at radius 1 is 1.18 bits per heavy atom. The van der Waals surface area contributed by atoms with E-state index in [1.165, 1.54) is 0 Å². The number of nitrogens with one attached hydrogen (secondary N) is 2. The minimum Gasteiger partial charge on any atom is -0.347 e. The Hall–Kier alpha value is -2.76. The van der Waals surface area contributed by atoms with Crippen LogP contribution in [0.4, 0.5) is 17.2 Å². The molecule has 4 heterocycles. The van der Waals surface area contributed by atoms with E-state index in [1.54, 1.807) is 35.9 Å². The van der Waals surface area contributed by atoms with Crippen molar-refractivity contribution < 1.29 is 13.2 Å². The van der Waals surface area contributed by atoms with Crippen LogP contribution in [0.1, 0.15) is 18.4 Å². The molecule has 2 saturated heterocycles. The Bertz CT molecular complexity index is 1290. The van der Waals surface area contributed by atoms with Crippen molar-refractivity contribution in [2.75, 3.05) is 40.8 Å². The SMILES string of the molecule is Cc1ccc(NS(C)(=O)=O)cc1NC(=O)CN1CC2CCC(C1)N2c1ncnc2sccc12. The van der Waals surface area contributed by atoms with Crippen LogP contribution in [0.25, 0.3) is 10.2 Å². The lowest BCUT2D eigenvalue weighted by molar-refractivity contribution is -0.117. The van der Waals surface area contributed by atoms with Gasteiger partial charge >= 0.3 is 0 Å². The van der Waals surface area contributed by atoms with Gasteiger partial charge in [-0.15, -0.1) is 11.3 Å². The molecular formula is C22H26N6O3S2. The number of carbonyl (C=O) groups is 1. The molecule has 2 N–H and O–H groups in total. The molecule has 1 aromatic carbocycles. The molecule has 2 atom stereocenters. The second-order valence-electron chi connectivity index (χ2n) is 8.78. The van der Waals surface area contributed by atoms with Crippen LogP contribution in [-0.2, 0) is 14.8 Å². The van der Waals surface area contributed by atoms with E-state index in [1.807, 2.05) is 12.3 Å². The van der Waals surface area contributed by atoms with Crippen LogP contribution in [0.2, 0.25) is 0 Å². The molecule has 2 aliphatic heterocycles. The normalized spacial score (nSPS) is 20.8. The summed E-state index contributed by atoms with van der Waals surface area (Å²) in [4.78, 5) is 27.4. The molecule has 9 nitrogen and oxygen atoms in total. The first-order valence-electron chi connectivity index (χ1n) is 10.8. The van der Waals surface area contributed by atoms with Crippen molar-refractivity contribution in [1.82, 2.24) is 14.9 Å². The van der Waals surface area contributed by atoms with Crippen LogP contribution < -0.4 is 14.9 Å². The molecule has 5 rings (SSSR count). The van der Waals surface area contributed by atoms with E-state index in [0.717, 1.165) is 53.8 Å². The third kappa shape index (κ3) is 4.66. The summed E-state index contributed by atoms with van der Waals surface area (Å²) in [5.74, 6) is 0.897. The fourth-order valence-electron chi connectivity index (χ4n) is 4.87. The zero-order valence-electron chi connectivity index (χ0n) is 18.5. The van der Waals surface area contributed by atoms with Crippen LogP contribution >= 0.6 is 11.3 Å². The van der Waals surface area contributed by atoms with Gasteiger partial charge in [0.05, 0.1) is 23.9 Å². The van der Waals surface area contributed by atoms with E-state index in [9.17, 15) is 13.2 Å². The highest BCUT2D eigenvalue weighted by Gasteiger charge is 2.41. The molecule has 2 bridgehead atoms. The van der Waals surface area contributed by atoms with E-state index in [-0.39, 0.29) is 5.91 Å². The molecule has 174 valence electrons. The predicted octanol–water partition coefficient (Wildman–Crippen LogP) is 2.66. The van der Waals surface area contributed by atoms with Gasteiger partial charge < -0.3 is 10.2 Å². The minimum absolute atomic E-state index is 0.107. The van der Waals surface area contributed by atoms with E-state index >= 15 is 0 Å². The van der Waals surface area contributed by atoms with E-state index in [2.05, 4.69) is 35.9 Å².